The first-order chi connectivity index (χ1) is 8.29. The largest absolute Gasteiger partial charge is 0.361 e. The average Bonchev–Trinajstić information content (AvgIpc) is 2.91. The van der Waals surface area contributed by atoms with Gasteiger partial charge in [0.05, 0.1) is 0 Å². The van der Waals surface area contributed by atoms with E-state index in [2.05, 4.69) is 31.3 Å². The summed E-state index contributed by atoms with van der Waals surface area (Å²) in [5.41, 5.74) is 2.13. The summed E-state index contributed by atoms with van der Waals surface area (Å²) in [5, 5.41) is 0. The second-order valence-corrected chi connectivity index (χ2v) is 2.23. The van der Waals surface area contributed by atoms with E-state index in [0.29, 0.717) is 0 Å². The van der Waals surface area contributed by atoms with E-state index in [9.17, 15) is 0 Å². The van der Waals surface area contributed by atoms with E-state index in [0.717, 1.165) is 11.3 Å². The highest BCUT2D eigenvalue weighted by Crippen LogP contribution is 2.07. The summed E-state index contributed by atoms with van der Waals surface area (Å²) in [4.78, 5) is 3.02. The van der Waals surface area contributed by atoms with Crippen LogP contribution in [0.4, 0.5) is 0 Å². The molecule has 1 aromatic rings. The predicted octanol–water partition coefficient (Wildman–Crippen LogP) is 5.71. The third-order valence-electron chi connectivity index (χ3n) is 1.40. The summed E-state index contributed by atoms with van der Waals surface area (Å²) >= 11 is 0. The highest BCUT2D eigenvalue weighted by Gasteiger charge is 1.91. The lowest BCUT2D eigenvalue weighted by Gasteiger charge is -1.86. The molecule has 0 saturated heterocycles. The van der Waals surface area contributed by atoms with E-state index in [4.69, 9.17) is 0 Å². The molecule has 0 bridgehead atoms. The zero-order valence-electron chi connectivity index (χ0n) is 11.8. The molecule has 0 aliphatic heterocycles. The van der Waals surface area contributed by atoms with E-state index in [1.807, 2.05) is 40.0 Å². The van der Waals surface area contributed by atoms with Crippen LogP contribution in [-0.2, 0) is 0 Å². The van der Waals surface area contributed by atoms with Gasteiger partial charge in [-0.15, -0.1) is 0 Å². The molecule has 0 atom stereocenters. The molecule has 0 radical (unpaired) electrons. The van der Waals surface area contributed by atoms with Gasteiger partial charge >= 0.3 is 0 Å². The van der Waals surface area contributed by atoms with E-state index in [-0.39, 0.29) is 0 Å². The zero-order valence-corrected chi connectivity index (χ0v) is 11.8. The van der Waals surface area contributed by atoms with Crippen molar-refractivity contribution in [1.82, 2.24) is 4.98 Å². The van der Waals surface area contributed by atoms with Gasteiger partial charge in [0.15, 0.2) is 0 Å². The number of hydrogen-bond acceptors (Lipinski definition) is 0. The Morgan fingerprint density at radius 3 is 1.59 bits per heavy atom. The molecule has 1 N–H and O–H groups in total. The van der Waals surface area contributed by atoms with Gasteiger partial charge in [-0.25, -0.2) is 0 Å². The number of nitrogens with one attached hydrogen (secondary N) is 1. The quantitative estimate of drug-likeness (QED) is 0.643. The minimum atomic E-state index is 1.03. The Balaban J connectivity index is -0.000000208. The minimum absolute atomic E-state index is 1.03. The zero-order chi connectivity index (χ0) is 14.1. The summed E-state index contributed by atoms with van der Waals surface area (Å²) in [6, 6.07) is 1.96. The molecule has 0 aliphatic rings. The molecule has 1 aromatic heterocycles. The van der Waals surface area contributed by atoms with Crippen LogP contribution in [0.3, 0.4) is 0 Å². The van der Waals surface area contributed by atoms with E-state index >= 15 is 0 Å². The molecule has 0 spiro atoms. The Bertz CT molecular complexity index is 264. The first-order valence-electron chi connectivity index (χ1n) is 5.95. The van der Waals surface area contributed by atoms with Gasteiger partial charge in [0.25, 0.3) is 0 Å². The fraction of sp³-hybridized carbons (Fsp3) is 0.250. The predicted molar refractivity (Wildman–Crippen MR) is 84.1 cm³/mol. The van der Waals surface area contributed by atoms with Crippen LogP contribution in [0.5, 0.6) is 0 Å². The maximum Gasteiger partial charge on any atom is 0.0447 e. The highest BCUT2D eigenvalue weighted by molar-refractivity contribution is 5.60. The number of H-pyrrole nitrogens is 1. The van der Waals surface area contributed by atoms with Crippen molar-refractivity contribution in [2.75, 3.05) is 0 Å². The van der Waals surface area contributed by atoms with Crippen molar-refractivity contribution in [3.8, 4) is 0 Å². The Morgan fingerprint density at radius 1 is 0.882 bits per heavy atom. The molecular formula is C16H27N. The van der Waals surface area contributed by atoms with Gasteiger partial charge in [-0.2, -0.15) is 0 Å². The summed E-state index contributed by atoms with van der Waals surface area (Å²) in [6.45, 7) is 22.0. The van der Waals surface area contributed by atoms with Crippen molar-refractivity contribution in [1.29, 1.82) is 0 Å². The lowest BCUT2D eigenvalue weighted by Crippen LogP contribution is -1.70. The van der Waals surface area contributed by atoms with Crippen LogP contribution in [0.15, 0.2) is 50.7 Å². The molecule has 1 rings (SSSR count). The Kier molecular flexibility index (Phi) is 24.0. The van der Waals surface area contributed by atoms with Crippen molar-refractivity contribution in [2.45, 2.75) is 27.7 Å². The van der Waals surface area contributed by atoms with Gasteiger partial charge in [-0.3, -0.25) is 0 Å². The Hall–Kier alpha value is -1.76. The standard InChI is InChI=1S/C8H9N.C4H6.2C2H6/c1-3-7-5-6-9-8(7)4-2;1-3-4-2;2*1-2/h3-6,9H,1-2H2;3-4H,1-2H2;2*1-2H3. The maximum absolute atomic E-state index is 3.64. The van der Waals surface area contributed by atoms with Crippen LogP contribution in [0, 0.1) is 0 Å². The summed E-state index contributed by atoms with van der Waals surface area (Å²) in [6.07, 6.45) is 8.72. The third-order valence-corrected chi connectivity index (χ3v) is 1.40. The first-order valence-corrected chi connectivity index (χ1v) is 5.95. The molecule has 0 fully saturated rings. The number of hydrogen-bond donors (Lipinski definition) is 1. The van der Waals surface area contributed by atoms with Crippen LogP contribution in [0.25, 0.3) is 12.2 Å². The molecule has 1 heterocycles. The van der Waals surface area contributed by atoms with E-state index < -0.39 is 0 Å². The topological polar surface area (TPSA) is 15.8 Å². The van der Waals surface area contributed by atoms with Gasteiger partial charge in [0.2, 0.25) is 0 Å². The van der Waals surface area contributed by atoms with E-state index in [1.165, 1.54) is 0 Å². The van der Waals surface area contributed by atoms with Gasteiger partial charge in [-0.1, -0.05) is 72.2 Å². The molecule has 96 valence electrons. The van der Waals surface area contributed by atoms with Gasteiger partial charge in [0.1, 0.15) is 0 Å². The monoisotopic (exact) mass is 233 g/mol. The summed E-state index contributed by atoms with van der Waals surface area (Å²) in [5.74, 6) is 0. The summed E-state index contributed by atoms with van der Waals surface area (Å²) in [7, 11) is 0. The van der Waals surface area contributed by atoms with Gasteiger partial charge < -0.3 is 4.98 Å². The Morgan fingerprint density at radius 2 is 1.35 bits per heavy atom. The molecule has 0 amide bonds. The molecule has 0 aliphatic carbocycles. The molecule has 1 nitrogen and oxygen atoms in total. The van der Waals surface area contributed by atoms with Crippen molar-refractivity contribution >= 4 is 12.2 Å². The van der Waals surface area contributed by atoms with Crippen molar-refractivity contribution in [3.63, 3.8) is 0 Å². The van der Waals surface area contributed by atoms with Gasteiger partial charge in [-0.05, 0) is 17.7 Å². The maximum atomic E-state index is 3.64. The first kappa shape index (κ1) is 20.6. The lowest BCUT2D eigenvalue weighted by atomic mass is 10.2. The van der Waals surface area contributed by atoms with Crippen molar-refractivity contribution < 1.29 is 0 Å². The Labute approximate surface area is 107 Å². The van der Waals surface area contributed by atoms with Crippen LogP contribution < -0.4 is 0 Å². The molecule has 17 heavy (non-hydrogen) atoms. The number of allylic oxidation sites excluding steroid dienone is 2. The minimum Gasteiger partial charge on any atom is -0.361 e. The van der Waals surface area contributed by atoms with E-state index in [1.54, 1.807) is 24.3 Å². The highest BCUT2D eigenvalue weighted by atomic mass is 14.7. The second kappa shape index (κ2) is 19.8. The molecule has 0 unspecified atom stereocenters. The second-order valence-electron chi connectivity index (χ2n) is 2.23. The smallest absolute Gasteiger partial charge is 0.0447 e. The molecular weight excluding hydrogens is 206 g/mol. The molecule has 1 heteroatoms. The molecule has 0 saturated carbocycles. The average molecular weight is 233 g/mol. The van der Waals surface area contributed by atoms with Crippen LogP contribution in [0.1, 0.15) is 39.0 Å². The normalized spacial score (nSPS) is 6.59. The fourth-order valence-corrected chi connectivity index (χ4v) is 0.749. The van der Waals surface area contributed by atoms with Crippen LogP contribution in [-0.4, -0.2) is 4.98 Å². The van der Waals surface area contributed by atoms with Gasteiger partial charge in [0, 0.05) is 11.9 Å². The SMILES string of the molecule is C=CC=C.C=Cc1cc[nH]c1C=C.CC.CC. The van der Waals surface area contributed by atoms with Crippen molar-refractivity contribution in [3.05, 3.63) is 62.0 Å². The fourth-order valence-electron chi connectivity index (χ4n) is 0.749. The van der Waals surface area contributed by atoms with Crippen LogP contribution >= 0.6 is 0 Å². The number of rotatable bonds is 3. The number of aromatic nitrogens is 1. The third kappa shape index (κ3) is 12.2. The number of aromatic amines is 1. The summed E-state index contributed by atoms with van der Waals surface area (Å²) < 4.78 is 0. The van der Waals surface area contributed by atoms with Crippen molar-refractivity contribution in [2.24, 2.45) is 0 Å². The molecule has 0 aromatic carbocycles. The van der Waals surface area contributed by atoms with Crippen LogP contribution in [0.2, 0.25) is 0 Å². The lowest BCUT2D eigenvalue weighted by molar-refractivity contribution is 1.37.